The molecule has 5 heteroatoms. The molecule has 0 aromatic carbocycles. The molecule has 0 aromatic heterocycles. The molecule has 0 radical (unpaired) electrons. The van der Waals surface area contributed by atoms with Gasteiger partial charge in [-0.1, -0.05) is 42.8 Å². The normalized spacial score (nSPS) is 15.9. The van der Waals surface area contributed by atoms with Crippen LogP contribution in [0.4, 0.5) is 0 Å². The molecule has 0 aliphatic carbocycles. The molecule has 0 aromatic rings. The van der Waals surface area contributed by atoms with E-state index in [2.05, 4.69) is 106 Å². The fourth-order valence-corrected chi connectivity index (χ4v) is 12.0. The maximum absolute atomic E-state index is 2.87. The highest BCUT2D eigenvalue weighted by Gasteiger charge is 2.56. The average molecular weight is 642 g/mol. The van der Waals surface area contributed by atoms with Crippen LogP contribution in [0.25, 0.3) is 0 Å². The van der Waals surface area contributed by atoms with Crippen molar-refractivity contribution < 1.29 is 24.0 Å². The van der Waals surface area contributed by atoms with Crippen molar-refractivity contribution in [2.45, 2.75) is 77.8 Å². The highest BCUT2D eigenvalue weighted by molar-refractivity contribution is 14.2. The van der Waals surface area contributed by atoms with Crippen LogP contribution in [-0.4, -0.2) is 27.8 Å². The van der Waals surface area contributed by atoms with Gasteiger partial charge in [0.15, 0.2) is 22.0 Å². The third-order valence-corrected chi connectivity index (χ3v) is 26.9. The molecule has 0 rings (SSSR count). The zero-order chi connectivity index (χ0) is 15.0. The summed E-state index contributed by atoms with van der Waals surface area (Å²) in [5.41, 5.74) is 0.113. The standard InChI is InChI=1S/C14H31I2P2.HI/c1-12(2,3)17(15)10-11-18(16,13(4,5)6)14(7,8)9;/h10-11H2,1-9H3;1H/q+1;/p-1/t17-;/m0./s1. The lowest BCUT2D eigenvalue weighted by molar-refractivity contribution is -0.00000459. The zero-order valence-corrected chi connectivity index (χ0v) is 22.2. The molecule has 0 nitrogen and oxygen atoms in total. The van der Waals surface area contributed by atoms with Crippen molar-refractivity contribution in [3.63, 3.8) is 0 Å². The van der Waals surface area contributed by atoms with Crippen LogP contribution in [0.5, 0.6) is 0 Å². The van der Waals surface area contributed by atoms with E-state index in [1.165, 1.54) is 12.3 Å². The van der Waals surface area contributed by atoms with Gasteiger partial charge >= 0.3 is 0 Å². The summed E-state index contributed by atoms with van der Waals surface area (Å²) in [5.74, 6) is 0. The lowest BCUT2D eigenvalue weighted by Crippen LogP contribution is -3.00. The summed E-state index contributed by atoms with van der Waals surface area (Å²) in [6, 6.07) is 0. The second kappa shape index (κ2) is 8.24. The second-order valence-corrected chi connectivity index (χ2v) is 23.6. The first-order chi connectivity index (χ1) is 7.63. The maximum atomic E-state index is 2.87. The van der Waals surface area contributed by atoms with E-state index >= 15 is 0 Å². The molecular weight excluding hydrogens is 611 g/mol. The Hall–Kier alpha value is 3.05. The molecule has 0 bridgehead atoms. The number of halogens is 3. The van der Waals surface area contributed by atoms with Crippen LogP contribution < -0.4 is 24.0 Å². The molecular formula is C14H31I3P2. The molecule has 0 unspecified atom stereocenters. The third-order valence-electron chi connectivity index (χ3n) is 3.46. The van der Waals surface area contributed by atoms with Gasteiger partial charge < -0.3 is 24.0 Å². The Balaban J connectivity index is 0. The minimum Gasteiger partial charge on any atom is -1.00 e. The van der Waals surface area contributed by atoms with Gasteiger partial charge in [0.05, 0.1) is 21.4 Å². The average Bonchev–Trinajstić information content (AvgIpc) is 2.07. The van der Waals surface area contributed by atoms with E-state index in [0.717, 1.165) is 0 Å². The molecule has 0 heterocycles. The van der Waals surface area contributed by atoms with E-state index in [0.29, 0.717) is 15.5 Å². The Morgan fingerprint density at radius 1 is 0.842 bits per heavy atom. The summed E-state index contributed by atoms with van der Waals surface area (Å²) in [7, 11) is 0. The summed E-state index contributed by atoms with van der Waals surface area (Å²) in [6.07, 6.45) is 2.86. The summed E-state index contributed by atoms with van der Waals surface area (Å²) >= 11 is 5.59. The van der Waals surface area contributed by atoms with Gasteiger partial charge in [-0.25, -0.2) is 0 Å². The Kier molecular flexibility index (Phi) is 10.5. The highest BCUT2D eigenvalue weighted by Crippen LogP contribution is 2.83. The molecule has 0 fully saturated rings. The van der Waals surface area contributed by atoms with Crippen LogP contribution in [0, 0.1) is 0 Å². The Morgan fingerprint density at radius 2 is 1.16 bits per heavy atom. The minimum absolute atomic E-state index is 0. The summed E-state index contributed by atoms with van der Waals surface area (Å²) in [6.45, 7) is 21.9. The van der Waals surface area contributed by atoms with Gasteiger partial charge in [0.25, 0.3) is 0 Å². The second-order valence-electron chi connectivity index (χ2n) is 8.04. The van der Waals surface area contributed by atoms with Gasteiger partial charge in [-0.05, 0) is 52.3 Å². The van der Waals surface area contributed by atoms with Crippen molar-refractivity contribution in [1.29, 1.82) is 0 Å². The van der Waals surface area contributed by atoms with Crippen molar-refractivity contribution in [3.05, 3.63) is 0 Å². The highest BCUT2D eigenvalue weighted by atomic mass is 127. The lowest BCUT2D eigenvalue weighted by atomic mass is 10.2. The first-order valence-corrected chi connectivity index (χ1v) is 15.7. The SMILES string of the molecule is CC(C)(C)[P@@](I)CC[P+](I)(C(C)(C)C)C(C)(C)C.[I-]. The van der Waals surface area contributed by atoms with Gasteiger partial charge in [0, 0.05) is 6.16 Å². The van der Waals surface area contributed by atoms with E-state index in [1.54, 1.807) is 0 Å². The van der Waals surface area contributed by atoms with E-state index in [1.807, 2.05) is 0 Å². The van der Waals surface area contributed by atoms with Crippen LogP contribution in [0.1, 0.15) is 62.3 Å². The topological polar surface area (TPSA) is 0 Å². The fourth-order valence-electron chi connectivity index (χ4n) is 2.24. The van der Waals surface area contributed by atoms with Crippen LogP contribution in [0.2, 0.25) is 0 Å². The molecule has 0 saturated carbocycles. The first-order valence-electron chi connectivity index (χ1n) is 6.64. The van der Waals surface area contributed by atoms with E-state index in [-0.39, 0.29) is 29.5 Å². The van der Waals surface area contributed by atoms with Gasteiger partial charge in [0.1, 0.15) is 0 Å². The van der Waals surface area contributed by atoms with E-state index in [9.17, 15) is 0 Å². The van der Waals surface area contributed by atoms with Crippen LogP contribution >= 0.6 is 54.6 Å². The van der Waals surface area contributed by atoms with Crippen LogP contribution in [0.3, 0.4) is 0 Å². The van der Waals surface area contributed by atoms with E-state index < -0.39 is 4.90 Å². The van der Waals surface area contributed by atoms with Crippen molar-refractivity contribution in [2.24, 2.45) is 0 Å². The van der Waals surface area contributed by atoms with Gasteiger partial charge in [0.2, 0.25) is 0 Å². The van der Waals surface area contributed by atoms with Crippen molar-refractivity contribution >= 4 is 54.6 Å². The molecule has 0 aliphatic rings. The maximum Gasteiger partial charge on any atom is 0.155 e. The monoisotopic (exact) mass is 642 g/mol. The minimum atomic E-state index is -0.979. The smallest absolute Gasteiger partial charge is 0.155 e. The summed E-state index contributed by atoms with van der Waals surface area (Å²) < 4.78 is 0. The molecule has 0 aliphatic heterocycles. The Labute approximate surface area is 166 Å². The number of hydrogen-bond acceptors (Lipinski definition) is 0. The first kappa shape index (κ1) is 24.3. The molecule has 0 saturated heterocycles. The Morgan fingerprint density at radius 3 is 1.37 bits per heavy atom. The number of rotatable bonds is 3. The molecule has 0 spiro atoms. The van der Waals surface area contributed by atoms with Crippen molar-refractivity contribution in [2.75, 3.05) is 12.3 Å². The predicted molar refractivity (Wildman–Crippen MR) is 111 cm³/mol. The summed E-state index contributed by atoms with van der Waals surface area (Å²) in [5, 5.41) is 1.40. The Bertz CT molecular complexity index is 258. The van der Waals surface area contributed by atoms with Gasteiger partial charge in [-0.15, -0.1) is 0 Å². The lowest BCUT2D eigenvalue weighted by Gasteiger charge is -2.43. The van der Waals surface area contributed by atoms with Gasteiger partial charge in [-0.3, -0.25) is 0 Å². The molecule has 118 valence electrons. The fraction of sp³-hybridized carbons (Fsp3) is 1.00. The van der Waals surface area contributed by atoms with Crippen LogP contribution in [-0.2, 0) is 0 Å². The van der Waals surface area contributed by atoms with Gasteiger partial charge in [-0.2, -0.15) is 0 Å². The molecule has 1 atom stereocenters. The quantitative estimate of drug-likeness (QED) is 0.313. The van der Waals surface area contributed by atoms with Crippen LogP contribution in [0.15, 0.2) is 0 Å². The molecule has 0 amide bonds. The third kappa shape index (κ3) is 6.99. The zero-order valence-electron chi connectivity index (χ0n) is 13.9. The van der Waals surface area contributed by atoms with Crippen molar-refractivity contribution in [1.82, 2.24) is 0 Å². The summed E-state index contributed by atoms with van der Waals surface area (Å²) in [4.78, 5) is -0.979. The molecule has 0 N–H and O–H groups in total. The van der Waals surface area contributed by atoms with Crippen molar-refractivity contribution in [3.8, 4) is 0 Å². The molecule has 19 heavy (non-hydrogen) atoms. The largest absolute Gasteiger partial charge is 1.00 e. The van der Waals surface area contributed by atoms with E-state index in [4.69, 9.17) is 0 Å². The predicted octanol–water partition coefficient (Wildman–Crippen LogP) is 4.59. The number of hydrogen-bond donors (Lipinski definition) is 0.